The molecular weight excluding hydrogens is 250 g/mol. The maximum Gasteiger partial charge on any atom is 0.179 e. The Labute approximate surface area is 121 Å². The van der Waals surface area contributed by atoms with Crippen LogP contribution >= 0.6 is 0 Å². The van der Waals surface area contributed by atoms with E-state index in [2.05, 4.69) is 11.8 Å². The van der Waals surface area contributed by atoms with Crippen molar-refractivity contribution in [2.45, 2.75) is 45.3 Å². The van der Waals surface area contributed by atoms with E-state index in [-0.39, 0.29) is 17.4 Å². The Balaban J connectivity index is 2.08. The Morgan fingerprint density at radius 3 is 2.60 bits per heavy atom. The molecule has 2 atom stereocenters. The fraction of sp³-hybridized carbons (Fsp3) is 0.588. The average Bonchev–Trinajstić information content (AvgIpc) is 2.46. The lowest BCUT2D eigenvalue weighted by Crippen LogP contribution is -2.52. The molecule has 2 rings (SSSR count). The van der Waals surface area contributed by atoms with Crippen LogP contribution in [0, 0.1) is 6.92 Å². The summed E-state index contributed by atoms with van der Waals surface area (Å²) in [4.78, 5) is 14.8. The summed E-state index contributed by atoms with van der Waals surface area (Å²) in [6.45, 7) is 7.96. The van der Waals surface area contributed by atoms with Crippen molar-refractivity contribution in [3.05, 3.63) is 35.4 Å². The predicted molar refractivity (Wildman–Crippen MR) is 81.2 cm³/mol. The summed E-state index contributed by atoms with van der Waals surface area (Å²) >= 11 is 0. The van der Waals surface area contributed by atoms with E-state index in [0.29, 0.717) is 0 Å². The highest BCUT2D eigenvalue weighted by Gasteiger charge is 2.34. The third kappa shape index (κ3) is 3.28. The molecule has 2 unspecified atom stereocenters. The van der Waals surface area contributed by atoms with Crippen molar-refractivity contribution in [2.75, 3.05) is 20.2 Å². The van der Waals surface area contributed by atoms with E-state index < -0.39 is 0 Å². The number of piperidine rings is 1. The number of nitrogens with zero attached hydrogens (tertiary/aromatic N) is 1. The van der Waals surface area contributed by atoms with Gasteiger partial charge in [0.2, 0.25) is 0 Å². The van der Waals surface area contributed by atoms with Crippen LogP contribution in [0.15, 0.2) is 24.3 Å². The van der Waals surface area contributed by atoms with E-state index in [1.807, 2.05) is 38.1 Å². The topological polar surface area (TPSA) is 29.5 Å². The van der Waals surface area contributed by atoms with Crippen LogP contribution < -0.4 is 0 Å². The number of benzene rings is 1. The Bertz CT molecular complexity index is 468. The molecule has 3 nitrogen and oxygen atoms in total. The summed E-state index contributed by atoms with van der Waals surface area (Å²) in [7, 11) is 1.76. The molecule has 0 bridgehead atoms. The monoisotopic (exact) mass is 275 g/mol. The van der Waals surface area contributed by atoms with Crippen LogP contribution in [0.5, 0.6) is 0 Å². The van der Waals surface area contributed by atoms with Gasteiger partial charge in [0.25, 0.3) is 0 Å². The lowest BCUT2D eigenvalue weighted by Gasteiger charge is -2.41. The van der Waals surface area contributed by atoms with E-state index in [0.717, 1.165) is 31.5 Å². The number of ketones is 1. The second-order valence-corrected chi connectivity index (χ2v) is 6.13. The zero-order valence-electron chi connectivity index (χ0n) is 13.0. The number of Topliss-reactive ketones (excluding diaryl/α,β-unsaturated/α-hetero) is 1. The summed E-state index contributed by atoms with van der Waals surface area (Å²) in [5.41, 5.74) is 1.85. The van der Waals surface area contributed by atoms with Gasteiger partial charge < -0.3 is 4.74 Å². The minimum atomic E-state index is -0.125. The van der Waals surface area contributed by atoms with Gasteiger partial charge in [-0.3, -0.25) is 9.69 Å². The molecule has 1 aromatic carbocycles. The van der Waals surface area contributed by atoms with Gasteiger partial charge >= 0.3 is 0 Å². The zero-order valence-corrected chi connectivity index (χ0v) is 13.0. The molecule has 0 aromatic heterocycles. The normalized spacial score (nSPS) is 25.4. The third-order valence-corrected chi connectivity index (χ3v) is 4.44. The molecule has 1 aliphatic heterocycles. The van der Waals surface area contributed by atoms with E-state index in [1.165, 1.54) is 5.56 Å². The lowest BCUT2D eigenvalue weighted by molar-refractivity contribution is -0.0563. The van der Waals surface area contributed by atoms with Crippen molar-refractivity contribution >= 4 is 5.78 Å². The van der Waals surface area contributed by atoms with Crippen molar-refractivity contribution in [1.82, 2.24) is 4.90 Å². The first-order valence-electron chi connectivity index (χ1n) is 7.35. The van der Waals surface area contributed by atoms with Gasteiger partial charge in [-0.15, -0.1) is 0 Å². The molecule has 110 valence electrons. The molecular formula is C17H25NO2. The third-order valence-electron chi connectivity index (χ3n) is 4.44. The molecule has 1 aliphatic rings. The number of rotatable bonds is 4. The van der Waals surface area contributed by atoms with Crippen molar-refractivity contribution < 1.29 is 9.53 Å². The van der Waals surface area contributed by atoms with Gasteiger partial charge in [0.1, 0.15) is 0 Å². The largest absolute Gasteiger partial charge is 0.377 e. The van der Waals surface area contributed by atoms with Crippen molar-refractivity contribution in [3.8, 4) is 0 Å². The summed E-state index contributed by atoms with van der Waals surface area (Å²) in [5, 5.41) is 0. The number of hydrogen-bond acceptors (Lipinski definition) is 3. The summed E-state index contributed by atoms with van der Waals surface area (Å²) < 4.78 is 5.61. The lowest BCUT2D eigenvalue weighted by atomic mass is 9.92. The van der Waals surface area contributed by atoms with Crippen molar-refractivity contribution in [3.63, 3.8) is 0 Å². The molecule has 1 heterocycles. The van der Waals surface area contributed by atoms with Crippen LogP contribution in [0.2, 0.25) is 0 Å². The van der Waals surface area contributed by atoms with Crippen LogP contribution in [0.25, 0.3) is 0 Å². The smallest absolute Gasteiger partial charge is 0.179 e. The van der Waals surface area contributed by atoms with Gasteiger partial charge in [-0.1, -0.05) is 29.8 Å². The number of ether oxygens (including phenoxy) is 1. The second-order valence-electron chi connectivity index (χ2n) is 6.13. The maximum atomic E-state index is 12.6. The molecule has 0 spiro atoms. The maximum absolute atomic E-state index is 12.6. The molecule has 1 aromatic rings. The zero-order chi connectivity index (χ0) is 14.8. The van der Waals surface area contributed by atoms with Crippen LogP contribution in [0.1, 0.15) is 42.6 Å². The number of carbonyl (C=O) groups is 1. The number of methoxy groups -OCH3 is 1. The molecule has 0 N–H and O–H groups in total. The minimum Gasteiger partial charge on any atom is -0.377 e. The van der Waals surface area contributed by atoms with Crippen LogP contribution in [-0.2, 0) is 4.74 Å². The van der Waals surface area contributed by atoms with E-state index in [1.54, 1.807) is 7.11 Å². The van der Waals surface area contributed by atoms with Gasteiger partial charge in [-0.25, -0.2) is 0 Å². The van der Waals surface area contributed by atoms with Crippen molar-refractivity contribution in [2.24, 2.45) is 0 Å². The van der Waals surface area contributed by atoms with Gasteiger partial charge in [-0.05, 0) is 40.2 Å². The summed E-state index contributed by atoms with van der Waals surface area (Å²) in [6.07, 6.45) is 2.14. The first-order valence-corrected chi connectivity index (χ1v) is 7.35. The van der Waals surface area contributed by atoms with Gasteiger partial charge in [0, 0.05) is 19.2 Å². The van der Waals surface area contributed by atoms with E-state index in [4.69, 9.17) is 4.74 Å². The highest BCUT2D eigenvalue weighted by molar-refractivity contribution is 5.99. The number of likely N-dealkylation sites (tertiary alicyclic amines) is 1. The van der Waals surface area contributed by atoms with Crippen molar-refractivity contribution in [1.29, 1.82) is 0 Å². The average molecular weight is 275 g/mol. The number of carbonyl (C=O) groups excluding carboxylic acids is 1. The summed E-state index contributed by atoms with van der Waals surface area (Å²) in [5.74, 6) is 0.199. The fourth-order valence-electron chi connectivity index (χ4n) is 2.87. The fourth-order valence-corrected chi connectivity index (χ4v) is 2.87. The predicted octanol–water partition coefficient (Wildman–Crippen LogP) is 3.07. The Kier molecular flexibility index (Phi) is 4.61. The first-order chi connectivity index (χ1) is 9.45. The summed E-state index contributed by atoms with van der Waals surface area (Å²) in [6, 6.07) is 7.75. The first kappa shape index (κ1) is 15.2. The number of aryl methyl sites for hydroxylation is 1. The van der Waals surface area contributed by atoms with Crippen LogP contribution in [0.3, 0.4) is 0 Å². The Morgan fingerprint density at radius 2 is 2.00 bits per heavy atom. The molecule has 1 saturated heterocycles. The second kappa shape index (κ2) is 6.06. The molecule has 1 fully saturated rings. The highest BCUT2D eigenvalue weighted by atomic mass is 16.5. The molecule has 3 heteroatoms. The molecule has 0 saturated carbocycles. The Hall–Kier alpha value is -1.19. The minimum absolute atomic E-state index is 0.0903. The van der Waals surface area contributed by atoms with E-state index in [9.17, 15) is 4.79 Å². The van der Waals surface area contributed by atoms with Gasteiger partial charge in [-0.2, -0.15) is 0 Å². The standard InChI is InChI=1S/C17H25NO2/c1-13-6-8-15(9-7-13)16(19)14(2)18-11-5-10-17(3,12-18)20-4/h6-9,14H,5,10-12H2,1-4H3. The molecule has 0 amide bonds. The van der Waals surface area contributed by atoms with Crippen LogP contribution in [-0.4, -0.2) is 42.5 Å². The Morgan fingerprint density at radius 1 is 1.35 bits per heavy atom. The van der Waals surface area contributed by atoms with Gasteiger partial charge in [0.05, 0.1) is 11.6 Å². The van der Waals surface area contributed by atoms with E-state index >= 15 is 0 Å². The SMILES string of the molecule is COC1(C)CCCN(C(C)C(=O)c2ccc(C)cc2)C1. The van der Waals surface area contributed by atoms with Gasteiger partial charge in [0.15, 0.2) is 5.78 Å². The molecule has 0 aliphatic carbocycles. The van der Waals surface area contributed by atoms with Crippen LogP contribution in [0.4, 0.5) is 0 Å². The molecule has 20 heavy (non-hydrogen) atoms. The number of hydrogen-bond donors (Lipinski definition) is 0. The molecule has 0 radical (unpaired) electrons. The quantitative estimate of drug-likeness (QED) is 0.791. The highest BCUT2D eigenvalue weighted by Crippen LogP contribution is 2.26.